The maximum atomic E-state index is 5.84. The van der Waals surface area contributed by atoms with Crippen LogP contribution in [0, 0.1) is 7.14 Å². The summed E-state index contributed by atoms with van der Waals surface area (Å²) in [7, 11) is 0. The zero-order valence-electron chi connectivity index (χ0n) is 6.48. The standard InChI is InChI=1S/C9H5ClI2S/c10-3-5-1-2-6-7(11)4-13-9(6)8(5)12/h1-2,4H,3H2. The molecule has 0 aliphatic carbocycles. The van der Waals surface area contributed by atoms with Crippen molar-refractivity contribution >= 4 is 78.2 Å². The number of thiophene rings is 1. The number of fused-ring (bicyclic) bond motifs is 1. The molecule has 0 spiro atoms. The summed E-state index contributed by atoms with van der Waals surface area (Å²) in [6.07, 6.45) is 0. The Labute approximate surface area is 113 Å². The third-order valence-corrected chi connectivity index (χ3v) is 6.07. The minimum absolute atomic E-state index is 0.600. The molecule has 4 heteroatoms. The zero-order chi connectivity index (χ0) is 9.42. The molecule has 0 fully saturated rings. The summed E-state index contributed by atoms with van der Waals surface area (Å²) in [5.74, 6) is 0.600. The van der Waals surface area contributed by atoms with Crippen LogP contribution in [0.2, 0.25) is 0 Å². The van der Waals surface area contributed by atoms with Gasteiger partial charge in [-0.1, -0.05) is 12.1 Å². The Morgan fingerprint density at radius 2 is 2.08 bits per heavy atom. The van der Waals surface area contributed by atoms with Crippen LogP contribution < -0.4 is 0 Å². The molecule has 0 saturated heterocycles. The first kappa shape index (κ1) is 10.4. The van der Waals surface area contributed by atoms with Gasteiger partial charge in [-0.05, 0) is 50.7 Å². The molecule has 0 aliphatic rings. The van der Waals surface area contributed by atoms with Crippen LogP contribution in [0.1, 0.15) is 5.56 Å². The van der Waals surface area contributed by atoms with Gasteiger partial charge in [-0.15, -0.1) is 22.9 Å². The predicted octanol–water partition coefficient (Wildman–Crippen LogP) is 4.85. The Morgan fingerprint density at radius 1 is 1.31 bits per heavy atom. The number of alkyl halides is 1. The summed E-state index contributed by atoms with van der Waals surface area (Å²) >= 11 is 12.4. The number of benzene rings is 1. The van der Waals surface area contributed by atoms with E-state index >= 15 is 0 Å². The van der Waals surface area contributed by atoms with E-state index in [2.05, 4.69) is 62.7 Å². The maximum absolute atomic E-state index is 5.84. The molecule has 2 rings (SSSR count). The first-order chi connectivity index (χ1) is 6.24. The molecule has 0 radical (unpaired) electrons. The Hall–Kier alpha value is 0.930. The number of hydrogen-bond acceptors (Lipinski definition) is 1. The molecular weight excluding hydrogens is 429 g/mol. The monoisotopic (exact) mass is 434 g/mol. The molecule has 0 nitrogen and oxygen atoms in total. The van der Waals surface area contributed by atoms with Gasteiger partial charge in [0, 0.05) is 28.5 Å². The van der Waals surface area contributed by atoms with Crippen LogP contribution in [-0.2, 0) is 5.88 Å². The van der Waals surface area contributed by atoms with Crippen molar-refractivity contribution in [2.45, 2.75) is 5.88 Å². The van der Waals surface area contributed by atoms with Crippen LogP contribution in [0.4, 0.5) is 0 Å². The molecule has 2 aromatic rings. The van der Waals surface area contributed by atoms with Crippen LogP contribution in [0.25, 0.3) is 10.1 Å². The quantitative estimate of drug-likeness (QED) is 0.445. The molecule has 68 valence electrons. The highest BCUT2D eigenvalue weighted by molar-refractivity contribution is 14.1. The van der Waals surface area contributed by atoms with Crippen molar-refractivity contribution in [2.24, 2.45) is 0 Å². The molecular formula is C9H5ClI2S. The lowest BCUT2D eigenvalue weighted by molar-refractivity contribution is 1.40. The smallest absolute Gasteiger partial charge is 0.0490 e. The highest BCUT2D eigenvalue weighted by Gasteiger charge is 2.07. The molecule has 0 unspecified atom stereocenters. The van der Waals surface area contributed by atoms with Gasteiger partial charge in [0.2, 0.25) is 0 Å². The zero-order valence-corrected chi connectivity index (χ0v) is 12.4. The van der Waals surface area contributed by atoms with Crippen LogP contribution in [-0.4, -0.2) is 0 Å². The van der Waals surface area contributed by atoms with Crippen molar-refractivity contribution in [3.63, 3.8) is 0 Å². The first-order valence-electron chi connectivity index (χ1n) is 3.64. The molecule has 0 N–H and O–H groups in total. The summed E-state index contributed by atoms with van der Waals surface area (Å²) in [4.78, 5) is 0. The minimum Gasteiger partial charge on any atom is -0.142 e. The lowest BCUT2D eigenvalue weighted by atomic mass is 10.2. The van der Waals surface area contributed by atoms with Gasteiger partial charge in [0.05, 0.1) is 0 Å². The predicted molar refractivity (Wildman–Crippen MR) is 76.8 cm³/mol. The SMILES string of the molecule is ClCc1ccc2c(I)csc2c1I. The van der Waals surface area contributed by atoms with Crippen LogP contribution in [0.15, 0.2) is 17.5 Å². The van der Waals surface area contributed by atoms with Crippen molar-refractivity contribution in [3.05, 3.63) is 30.2 Å². The second-order valence-corrected chi connectivity index (χ2v) is 6.02. The average Bonchev–Trinajstić information content (AvgIpc) is 2.50. The molecule has 1 aromatic heterocycles. The summed E-state index contributed by atoms with van der Waals surface area (Å²) in [5, 5.41) is 3.54. The summed E-state index contributed by atoms with van der Waals surface area (Å²) in [6.45, 7) is 0. The fourth-order valence-corrected chi connectivity index (χ4v) is 4.57. The van der Waals surface area contributed by atoms with Gasteiger partial charge >= 0.3 is 0 Å². The van der Waals surface area contributed by atoms with Crippen LogP contribution in [0.3, 0.4) is 0 Å². The normalized spacial score (nSPS) is 11.0. The van der Waals surface area contributed by atoms with Crippen molar-refractivity contribution in [3.8, 4) is 0 Å². The van der Waals surface area contributed by atoms with Gasteiger partial charge in [-0.2, -0.15) is 0 Å². The lowest BCUT2D eigenvalue weighted by Crippen LogP contribution is -1.83. The van der Waals surface area contributed by atoms with Gasteiger partial charge in [-0.25, -0.2) is 0 Å². The van der Waals surface area contributed by atoms with E-state index in [0.717, 1.165) is 0 Å². The van der Waals surface area contributed by atoms with E-state index in [4.69, 9.17) is 11.6 Å². The van der Waals surface area contributed by atoms with E-state index in [1.807, 2.05) is 0 Å². The Morgan fingerprint density at radius 3 is 2.77 bits per heavy atom. The van der Waals surface area contributed by atoms with Gasteiger partial charge in [-0.3, -0.25) is 0 Å². The second-order valence-electron chi connectivity index (χ2n) is 2.63. The van der Waals surface area contributed by atoms with E-state index in [9.17, 15) is 0 Å². The number of rotatable bonds is 1. The summed E-state index contributed by atoms with van der Waals surface area (Å²) in [6, 6.07) is 4.28. The Kier molecular flexibility index (Phi) is 3.38. The number of halogens is 3. The van der Waals surface area contributed by atoms with Gasteiger partial charge in [0.15, 0.2) is 0 Å². The largest absolute Gasteiger partial charge is 0.142 e. The third-order valence-electron chi connectivity index (χ3n) is 1.86. The van der Waals surface area contributed by atoms with Gasteiger partial charge < -0.3 is 0 Å². The topological polar surface area (TPSA) is 0 Å². The molecule has 0 atom stereocenters. The maximum Gasteiger partial charge on any atom is 0.0490 e. The lowest BCUT2D eigenvalue weighted by Gasteiger charge is -2.00. The second kappa shape index (κ2) is 4.20. The Balaban J connectivity index is 2.80. The van der Waals surface area contributed by atoms with Crippen molar-refractivity contribution < 1.29 is 0 Å². The van der Waals surface area contributed by atoms with E-state index < -0.39 is 0 Å². The molecule has 1 heterocycles. The molecule has 1 aromatic carbocycles. The molecule has 0 amide bonds. The van der Waals surface area contributed by atoms with E-state index in [-0.39, 0.29) is 0 Å². The summed E-state index contributed by atoms with van der Waals surface area (Å²) < 4.78 is 4.00. The molecule has 0 bridgehead atoms. The van der Waals surface area contributed by atoms with Gasteiger partial charge in [0.1, 0.15) is 0 Å². The van der Waals surface area contributed by atoms with Crippen molar-refractivity contribution in [2.75, 3.05) is 0 Å². The summed E-state index contributed by atoms with van der Waals surface area (Å²) in [5.41, 5.74) is 1.23. The highest BCUT2D eigenvalue weighted by atomic mass is 127. The molecule has 0 saturated carbocycles. The fourth-order valence-electron chi connectivity index (χ4n) is 1.18. The highest BCUT2D eigenvalue weighted by Crippen LogP contribution is 2.33. The van der Waals surface area contributed by atoms with E-state index in [0.29, 0.717) is 5.88 Å². The minimum atomic E-state index is 0.600. The third kappa shape index (κ3) is 1.85. The van der Waals surface area contributed by atoms with E-state index in [1.54, 1.807) is 11.3 Å². The fraction of sp³-hybridized carbons (Fsp3) is 0.111. The molecule has 0 aliphatic heterocycles. The van der Waals surface area contributed by atoms with Crippen LogP contribution >= 0.6 is 68.1 Å². The first-order valence-corrected chi connectivity index (χ1v) is 7.21. The van der Waals surface area contributed by atoms with Crippen LogP contribution in [0.5, 0.6) is 0 Å². The molecule has 13 heavy (non-hydrogen) atoms. The van der Waals surface area contributed by atoms with E-state index in [1.165, 1.54) is 22.8 Å². The number of hydrogen-bond donors (Lipinski definition) is 0. The Bertz CT molecular complexity index is 450. The van der Waals surface area contributed by atoms with Crippen molar-refractivity contribution in [1.82, 2.24) is 0 Å². The van der Waals surface area contributed by atoms with Crippen molar-refractivity contribution in [1.29, 1.82) is 0 Å². The van der Waals surface area contributed by atoms with Gasteiger partial charge in [0.25, 0.3) is 0 Å². The average molecular weight is 434 g/mol.